The van der Waals surface area contributed by atoms with Crippen LogP contribution in [0.3, 0.4) is 0 Å². The second kappa shape index (κ2) is 5.76. The highest BCUT2D eigenvalue weighted by atomic mass is 16.3. The van der Waals surface area contributed by atoms with E-state index in [1.165, 1.54) is 0 Å². The lowest BCUT2D eigenvalue weighted by atomic mass is 9.94. The quantitative estimate of drug-likeness (QED) is 0.779. The molecule has 1 fully saturated rings. The van der Waals surface area contributed by atoms with Gasteiger partial charge < -0.3 is 15.0 Å². The minimum Gasteiger partial charge on any atom is -0.387 e. The summed E-state index contributed by atoms with van der Waals surface area (Å²) >= 11 is 0. The van der Waals surface area contributed by atoms with Gasteiger partial charge in [0.1, 0.15) is 5.82 Å². The van der Waals surface area contributed by atoms with E-state index in [4.69, 9.17) is 0 Å². The van der Waals surface area contributed by atoms with Crippen molar-refractivity contribution in [2.75, 3.05) is 13.1 Å². The lowest BCUT2D eigenvalue weighted by Crippen LogP contribution is -2.48. The number of hydrogen-bond donors (Lipinski definition) is 2. The number of piperidine rings is 1. The Balaban J connectivity index is 1.68. The normalized spacial score (nSPS) is 21.6. The van der Waals surface area contributed by atoms with Crippen LogP contribution in [0.2, 0.25) is 0 Å². The molecular weight excluding hydrogens is 288 g/mol. The van der Waals surface area contributed by atoms with Gasteiger partial charge in [-0.1, -0.05) is 6.07 Å². The maximum absolute atomic E-state index is 10.8. The first kappa shape index (κ1) is 14.4. The molecule has 118 valence electrons. The van der Waals surface area contributed by atoms with Crippen molar-refractivity contribution in [2.24, 2.45) is 0 Å². The zero-order valence-electron chi connectivity index (χ0n) is 12.9. The fourth-order valence-electron chi connectivity index (χ4n) is 3.32. The Labute approximate surface area is 135 Å². The van der Waals surface area contributed by atoms with E-state index in [1.807, 2.05) is 29.0 Å². The molecule has 1 aliphatic heterocycles. The van der Waals surface area contributed by atoms with Crippen LogP contribution in [0.4, 0.5) is 0 Å². The van der Waals surface area contributed by atoms with Gasteiger partial charge in [-0.05, 0) is 43.7 Å². The van der Waals surface area contributed by atoms with Crippen molar-refractivity contribution >= 4 is 10.9 Å². The number of fused-ring (bicyclic) bond motifs is 1. The van der Waals surface area contributed by atoms with Gasteiger partial charge in [-0.25, -0.2) is 4.98 Å². The summed E-state index contributed by atoms with van der Waals surface area (Å²) in [5.41, 5.74) is 1.32. The topological polar surface area (TPSA) is 63.0 Å². The monoisotopic (exact) mass is 308 g/mol. The summed E-state index contributed by atoms with van der Waals surface area (Å²) in [6, 6.07) is 10.1. The number of β-amino-alcohol motifs (C(OH)–C–C–N with tert-alkyl or cyclic N) is 1. The first-order valence-electron chi connectivity index (χ1n) is 8.03. The summed E-state index contributed by atoms with van der Waals surface area (Å²) in [6.45, 7) is 2.17. The summed E-state index contributed by atoms with van der Waals surface area (Å²) in [4.78, 5) is 8.86. The number of pyridine rings is 1. The zero-order chi connectivity index (χ0) is 15.7. The molecule has 5 nitrogen and oxygen atoms in total. The molecule has 0 saturated carbocycles. The van der Waals surface area contributed by atoms with Gasteiger partial charge >= 0.3 is 0 Å². The van der Waals surface area contributed by atoms with Gasteiger partial charge in [0.25, 0.3) is 0 Å². The van der Waals surface area contributed by atoms with Crippen LogP contribution in [0.15, 0.2) is 48.9 Å². The Hall–Kier alpha value is -2.24. The predicted octanol–water partition coefficient (Wildman–Crippen LogP) is 2.21. The molecule has 5 heteroatoms. The molecule has 0 amide bonds. The number of aromatic nitrogens is 3. The van der Waals surface area contributed by atoms with E-state index in [0.717, 1.165) is 41.7 Å². The van der Waals surface area contributed by atoms with Crippen LogP contribution in [0.25, 0.3) is 22.3 Å². The molecule has 2 N–H and O–H groups in total. The Kier molecular flexibility index (Phi) is 3.59. The van der Waals surface area contributed by atoms with Crippen molar-refractivity contribution in [2.45, 2.75) is 25.0 Å². The first-order valence-corrected chi connectivity index (χ1v) is 8.03. The van der Waals surface area contributed by atoms with E-state index in [-0.39, 0.29) is 0 Å². The molecule has 0 bridgehead atoms. The van der Waals surface area contributed by atoms with E-state index >= 15 is 0 Å². The highest BCUT2D eigenvalue weighted by Crippen LogP contribution is 2.25. The van der Waals surface area contributed by atoms with Crippen LogP contribution < -0.4 is 5.32 Å². The molecule has 0 spiro atoms. The maximum Gasteiger partial charge on any atom is 0.140 e. The average Bonchev–Trinajstić information content (AvgIpc) is 3.02. The van der Waals surface area contributed by atoms with E-state index in [9.17, 15) is 5.11 Å². The predicted molar refractivity (Wildman–Crippen MR) is 90.0 cm³/mol. The van der Waals surface area contributed by atoms with Gasteiger partial charge in [0, 0.05) is 36.1 Å². The number of hydrogen-bond acceptors (Lipinski definition) is 4. The summed E-state index contributed by atoms with van der Waals surface area (Å²) < 4.78 is 2.05. The largest absolute Gasteiger partial charge is 0.387 e. The highest BCUT2D eigenvalue weighted by Gasteiger charge is 2.30. The number of nitrogens with one attached hydrogen (secondary N) is 1. The van der Waals surface area contributed by atoms with Crippen molar-refractivity contribution in [1.29, 1.82) is 0 Å². The molecule has 23 heavy (non-hydrogen) atoms. The van der Waals surface area contributed by atoms with Gasteiger partial charge in [0.15, 0.2) is 0 Å². The summed E-state index contributed by atoms with van der Waals surface area (Å²) in [5.74, 6) is 0.884. The summed E-state index contributed by atoms with van der Waals surface area (Å²) in [6.07, 6.45) is 7.35. The van der Waals surface area contributed by atoms with E-state index < -0.39 is 5.60 Å². The fraction of sp³-hybridized carbons (Fsp3) is 0.333. The number of imidazole rings is 1. The Morgan fingerprint density at radius 1 is 1.22 bits per heavy atom. The first-order chi connectivity index (χ1) is 11.2. The van der Waals surface area contributed by atoms with Crippen molar-refractivity contribution in [3.63, 3.8) is 0 Å². The number of benzene rings is 1. The third-order valence-electron chi connectivity index (χ3n) is 4.49. The van der Waals surface area contributed by atoms with E-state index in [0.29, 0.717) is 13.1 Å². The molecule has 2 aromatic heterocycles. The van der Waals surface area contributed by atoms with Crippen molar-refractivity contribution < 1.29 is 5.11 Å². The second-order valence-electron chi connectivity index (χ2n) is 6.29. The third kappa shape index (κ3) is 2.85. The van der Waals surface area contributed by atoms with Gasteiger partial charge in [-0.2, -0.15) is 0 Å². The minimum absolute atomic E-state index is 0.556. The Morgan fingerprint density at radius 3 is 3.04 bits per heavy atom. The summed E-state index contributed by atoms with van der Waals surface area (Å²) in [5, 5.41) is 15.1. The van der Waals surface area contributed by atoms with Crippen molar-refractivity contribution in [1.82, 2.24) is 19.9 Å². The number of aliphatic hydroxyl groups is 1. The van der Waals surface area contributed by atoms with Gasteiger partial charge in [0.2, 0.25) is 0 Å². The molecule has 1 aliphatic rings. The lowest BCUT2D eigenvalue weighted by Gasteiger charge is -2.33. The summed E-state index contributed by atoms with van der Waals surface area (Å²) in [7, 11) is 0. The molecule has 4 rings (SSSR count). The Morgan fingerprint density at radius 2 is 2.17 bits per heavy atom. The molecule has 1 aromatic carbocycles. The van der Waals surface area contributed by atoms with Crippen molar-refractivity contribution in [3.8, 4) is 11.4 Å². The van der Waals surface area contributed by atoms with Crippen LogP contribution in [0.1, 0.15) is 12.8 Å². The zero-order valence-corrected chi connectivity index (χ0v) is 12.9. The van der Waals surface area contributed by atoms with Crippen molar-refractivity contribution in [3.05, 3.63) is 48.9 Å². The number of nitrogens with zero attached hydrogens (tertiary/aromatic N) is 3. The maximum atomic E-state index is 10.8. The van der Waals surface area contributed by atoms with Gasteiger partial charge in [0.05, 0.1) is 17.7 Å². The fourth-order valence-corrected chi connectivity index (χ4v) is 3.32. The van der Waals surface area contributed by atoms with Crippen LogP contribution in [0.5, 0.6) is 0 Å². The van der Waals surface area contributed by atoms with E-state index in [2.05, 4.69) is 27.4 Å². The smallest absolute Gasteiger partial charge is 0.140 e. The molecule has 3 heterocycles. The standard InChI is InChI=1S/C18H20N4O/c23-18(6-2-7-19-12-18)13-22-10-9-21-17(22)15-4-5-16-14(11-15)3-1-8-20-16/h1,3-5,8-11,19,23H,2,6-7,12-13H2. The van der Waals surface area contributed by atoms with Crippen LogP contribution in [-0.4, -0.2) is 38.3 Å². The molecule has 1 unspecified atom stereocenters. The van der Waals surface area contributed by atoms with Crippen LogP contribution in [0, 0.1) is 0 Å². The molecule has 1 atom stereocenters. The van der Waals surface area contributed by atoms with Gasteiger partial charge in [-0.3, -0.25) is 4.98 Å². The highest BCUT2D eigenvalue weighted by molar-refractivity contribution is 5.83. The number of rotatable bonds is 3. The van der Waals surface area contributed by atoms with Crippen LogP contribution >= 0.6 is 0 Å². The molecular formula is C18H20N4O. The third-order valence-corrected chi connectivity index (χ3v) is 4.49. The average molecular weight is 308 g/mol. The lowest BCUT2D eigenvalue weighted by molar-refractivity contribution is 0.00106. The Bertz CT molecular complexity index is 821. The molecule has 0 radical (unpaired) electrons. The SMILES string of the molecule is OC1(Cn2ccnc2-c2ccc3ncccc3c2)CCCNC1. The van der Waals surface area contributed by atoms with Gasteiger partial charge in [-0.15, -0.1) is 0 Å². The minimum atomic E-state index is -0.702. The van der Waals surface area contributed by atoms with Crippen LogP contribution in [-0.2, 0) is 6.54 Å². The molecule has 3 aromatic rings. The molecule has 1 saturated heterocycles. The second-order valence-corrected chi connectivity index (χ2v) is 6.29. The van der Waals surface area contributed by atoms with E-state index in [1.54, 1.807) is 12.4 Å². The molecule has 0 aliphatic carbocycles.